The van der Waals surface area contributed by atoms with E-state index in [0.29, 0.717) is 19.6 Å². The van der Waals surface area contributed by atoms with Gasteiger partial charge in [-0.25, -0.2) is 0 Å². The maximum atomic E-state index is 14.8. The van der Waals surface area contributed by atoms with Crippen molar-refractivity contribution in [3.63, 3.8) is 0 Å². The second kappa shape index (κ2) is 10.8. The Morgan fingerprint density at radius 2 is 1.81 bits per heavy atom. The second-order valence-corrected chi connectivity index (χ2v) is 17.4. The molecule has 7 rings (SSSR count). The van der Waals surface area contributed by atoms with Crippen molar-refractivity contribution in [3.8, 4) is 0 Å². The number of esters is 1. The van der Waals surface area contributed by atoms with Crippen LogP contribution in [0.3, 0.4) is 0 Å². The first-order valence-electron chi connectivity index (χ1n) is 17.8. The van der Waals surface area contributed by atoms with Gasteiger partial charge in [0.2, 0.25) is 0 Å². The predicted octanol–water partition coefficient (Wildman–Crippen LogP) is 4.74. The molecular weight excluding hydrogens is 598 g/mol. The van der Waals surface area contributed by atoms with Gasteiger partial charge >= 0.3 is 11.9 Å². The summed E-state index contributed by atoms with van der Waals surface area (Å²) in [6.07, 6.45) is 4.72. The van der Waals surface area contributed by atoms with Crippen LogP contribution in [0.5, 0.6) is 0 Å². The van der Waals surface area contributed by atoms with E-state index in [0.717, 1.165) is 31.3 Å². The SMILES string of the molecule is CC(=O)O[C@H]1[C@H](OCC(C)NC(=N)CN)[C@@]2(C)COC13C[C@]31C3=CC(=O)[C@@]4(C)[C@H](C(=O)O)[C@@](C)([C@H](C)C(C)C)CC[C@]4(C)[C@H]3CC[C@@H]21. The van der Waals surface area contributed by atoms with Crippen LogP contribution < -0.4 is 11.1 Å². The monoisotopic (exact) mass is 655 g/mol. The lowest BCUT2D eigenvalue weighted by molar-refractivity contribution is -0.300. The fourth-order valence-corrected chi connectivity index (χ4v) is 12.3. The van der Waals surface area contributed by atoms with Crippen molar-refractivity contribution in [2.45, 2.75) is 118 Å². The molecule has 5 N–H and O–H groups in total. The van der Waals surface area contributed by atoms with Gasteiger partial charge < -0.3 is 30.4 Å². The van der Waals surface area contributed by atoms with E-state index in [-0.39, 0.29) is 47.9 Å². The molecule has 0 amide bonds. The molecule has 10 heteroatoms. The number of amidine groups is 1. The van der Waals surface area contributed by atoms with Crippen molar-refractivity contribution >= 4 is 23.6 Å². The number of ketones is 1. The van der Waals surface area contributed by atoms with Gasteiger partial charge in [-0.1, -0.05) is 54.0 Å². The molecule has 10 nitrogen and oxygen atoms in total. The molecule has 2 bridgehead atoms. The summed E-state index contributed by atoms with van der Waals surface area (Å²) >= 11 is 0. The highest BCUT2D eigenvalue weighted by Gasteiger charge is 2.90. The molecule has 0 aromatic carbocycles. The van der Waals surface area contributed by atoms with Gasteiger partial charge in [-0.2, -0.15) is 0 Å². The highest BCUT2D eigenvalue weighted by Crippen LogP contribution is 2.85. The van der Waals surface area contributed by atoms with Crippen LogP contribution >= 0.6 is 0 Å². The molecule has 2 spiro atoms. The fraction of sp³-hybridized carbons (Fsp3) is 0.838. The lowest BCUT2D eigenvalue weighted by Gasteiger charge is -2.68. The first kappa shape index (κ1) is 34.6. The zero-order valence-corrected chi connectivity index (χ0v) is 29.8. The maximum Gasteiger partial charge on any atom is 0.308 e. The number of allylic oxidation sites excluding steroid dienone is 1. The van der Waals surface area contributed by atoms with Gasteiger partial charge in [-0.3, -0.25) is 19.8 Å². The third kappa shape index (κ3) is 4.25. The smallest absolute Gasteiger partial charge is 0.308 e. The molecule has 2 aliphatic heterocycles. The van der Waals surface area contributed by atoms with Gasteiger partial charge in [-0.15, -0.1) is 0 Å². The predicted molar refractivity (Wildman–Crippen MR) is 176 cm³/mol. The lowest BCUT2D eigenvalue weighted by atomic mass is 9.35. The van der Waals surface area contributed by atoms with Crippen molar-refractivity contribution in [1.29, 1.82) is 5.41 Å². The number of ether oxygens (including phenoxy) is 3. The van der Waals surface area contributed by atoms with Crippen molar-refractivity contribution in [3.05, 3.63) is 11.6 Å². The van der Waals surface area contributed by atoms with Crippen LogP contribution in [-0.4, -0.2) is 72.3 Å². The van der Waals surface area contributed by atoms with E-state index in [2.05, 4.69) is 46.9 Å². The number of rotatable bonds is 9. The number of hydrogen-bond donors (Lipinski definition) is 4. The molecule has 6 fully saturated rings. The van der Waals surface area contributed by atoms with Crippen LogP contribution in [0.2, 0.25) is 0 Å². The van der Waals surface area contributed by atoms with Crippen molar-refractivity contribution in [2.75, 3.05) is 19.8 Å². The largest absolute Gasteiger partial charge is 0.481 e. The maximum absolute atomic E-state index is 14.8. The molecule has 2 heterocycles. The molecule has 13 atom stereocenters. The Hall–Kier alpha value is -2.30. The minimum atomic E-state index is -1.06. The van der Waals surface area contributed by atoms with Gasteiger partial charge in [0.1, 0.15) is 17.5 Å². The Bertz CT molecular complexity index is 1410. The number of nitrogens with one attached hydrogen (secondary N) is 2. The normalized spacial score (nSPS) is 47.4. The number of carbonyl (C=O) groups is 3. The molecule has 0 aromatic rings. The lowest BCUT2D eigenvalue weighted by Crippen LogP contribution is -2.72. The quantitative estimate of drug-likeness (QED) is 0.156. The number of carboxylic acid groups (broad SMARTS) is 1. The number of fused-ring (bicyclic) bond motifs is 5. The third-order valence-corrected chi connectivity index (χ3v) is 15.1. The summed E-state index contributed by atoms with van der Waals surface area (Å²) in [4.78, 5) is 40.8. The Morgan fingerprint density at radius 1 is 1.13 bits per heavy atom. The van der Waals surface area contributed by atoms with Gasteiger partial charge in [0.15, 0.2) is 11.9 Å². The van der Waals surface area contributed by atoms with Crippen LogP contribution in [0, 0.1) is 62.1 Å². The molecule has 0 aromatic heterocycles. The second-order valence-electron chi connectivity index (χ2n) is 17.4. The van der Waals surface area contributed by atoms with Crippen molar-refractivity contribution in [2.24, 2.45) is 62.4 Å². The van der Waals surface area contributed by atoms with E-state index in [4.69, 9.17) is 25.4 Å². The summed E-state index contributed by atoms with van der Waals surface area (Å²) < 4.78 is 19.6. The summed E-state index contributed by atoms with van der Waals surface area (Å²) in [5.74, 6) is -1.33. The average Bonchev–Trinajstić information content (AvgIpc) is 3.67. The van der Waals surface area contributed by atoms with Gasteiger partial charge in [0, 0.05) is 29.2 Å². The Morgan fingerprint density at radius 3 is 2.40 bits per heavy atom. The summed E-state index contributed by atoms with van der Waals surface area (Å²) in [5.41, 5.74) is 2.82. The summed E-state index contributed by atoms with van der Waals surface area (Å²) in [6, 6.07) is -0.167. The van der Waals surface area contributed by atoms with Crippen LogP contribution in [0.15, 0.2) is 11.6 Å². The number of nitrogens with two attached hydrogens (primary N) is 1. The number of carbonyl (C=O) groups excluding carboxylic acids is 2. The van der Waals surface area contributed by atoms with Crippen LogP contribution in [0.1, 0.15) is 94.4 Å². The van der Waals surface area contributed by atoms with Crippen LogP contribution in [0.4, 0.5) is 0 Å². The molecule has 2 saturated heterocycles. The van der Waals surface area contributed by atoms with Crippen molar-refractivity contribution < 1.29 is 33.7 Å². The highest BCUT2D eigenvalue weighted by molar-refractivity contribution is 6.01. The van der Waals surface area contributed by atoms with Crippen LogP contribution in [-0.2, 0) is 28.6 Å². The molecule has 2 unspecified atom stereocenters. The summed E-state index contributed by atoms with van der Waals surface area (Å²) in [5, 5.41) is 21.9. The molecule has 5 aliphatic carbocycles. The van der Waals surface area contributed by atoms with E-state index in [1.807, 2.05) is 19.9 Å². The zero-order valence-electron chi connectivity index (χ0n) is 29.8. The van der Waals surface area contributed by atoms with Crippen LogP contribution in [0.25, 0.3) is 0 Å². The number of carboxylic acids is 1. The summed E-state index contributed by atoms with van der Waals surface area (Å²) in [6.45, 7) is 19.1. The van der Waals surface area contributed by atoms with Gasteiger partial charge in [0.05, 0.1) is 25.7 Å². The van der Waals surface area contributed by atoms with E-state index in [9.17, 15) is 19.5 Å². The van der Waals surface area contributed by atoms with E-state index in [1.54, 1.807) is 0 Å². The first-order valence-corrected chi connectivity index (χ1v) is 17.8. The van der Waals surface area contributed by atoms with Crippen molar-refractivity contribution in [1.82, 2.24) is 5.32 Å². The van der Waals surface area contributed by atoms with Gasteiger partial charge in [-0.05, 0) is 79.6 Å². The fourth-order valence-electron chi connectivity index (χ4n) is 12.3. The summed E-state index contributed by atoms with van der Waals surface area (Å²) in [7, 11) is 0. The molecule has 4 saturated carbocycles. The third-order valence-electron chi connectivity index (χ3n) is 15.1. The molecule has 0 radical (unpaired) electrons. The van der Waals surface area contributed by atoms with E-state index < -0.39 is 62.7 Å². The highest BCUT2D eigenvalue weighted by atomic mass is 16.6. The average molecular weight is 656 g/mol. The molecule has 262 valence electrons. The molecule has 47 heavy (non-hydrogen) atoms. The number of hydrogen-bond acceptors (Lipinski definition) is 8. The van der Waals surface area contributed by atoms with E-state index >= 15 is 0 Å². The first-order chi connectivity index (χ1) is 21.8. The Kier molecular flexibility index (Phi) is 7.98. The Labute approximate surface area is 279 Å². The van der Waals surface area contributed by atoms with E-state index in [1.165, 1.54) is 6.92 Å². The molecular formula is C37H57N3O7. The number of aliphatic carboxylic acids is 1. The standard InChI is InChI=1S/C37H57N3O7/c1-19(2)21(4)32(6)12-13-34(8)23-10-11-25-33(7)18-46-37(30(47-22(5)41)29(33)45-16-20(3)40-27(39)15-38)17-36(25,37)24(23)14-26(42)35(34,9)28(32)31(43)44/h14,19-21,23,25,28-30H,10-13,15-18,38H2,1-9H3,(H2,39,40)(H,43,44)/t20?,21-,23+,25+,28-,29+,30+,32-,33+,34-,35+,36-,37?/m1/s1. The Balaban J connectivity index is 1.42. The molecule has 7 aliphatic rings. The minimum Gasteiger partial charge on any atom is -0.481 e. The topological polar surface area (TPSA) is 161 Å². The van der Waals surface area contributed by atoms with Gasteiger partial charge in [0.25, 0.3) is 0 Å². The minimum absolute atomic E-state index is 0.0250. The zero-order chi connectivity index (χ0) is 34.7.